The molecule has 7 nitrogen and oxygen atoms in total. The number of phenolic OH excluding ortho intramolecular Hbond substituents is 1. The molecule has 4 N–H and O–H groups in total. The summed E-state index contributed by atoms with van der Waals surface area (Å²) in [6, 6.07) is 9.18. The molecule has 1 unspecified atom stereocenters. The number of aromatic hydroxyl groups is 2. The number of rotatable bonds is 3. The average Bonchev–Trinajstić information content (AvgIpc) is 3.07. The van der Waals surface area contributed by atoms with Gasteiger partial charge in [-0.25, -0.2) is 9.18 Å². The van der Waals surface area contributed by atoms with Gasteiger partial charge in [0.1, 0.15) is 11.6 Å². The Hall–Kier alpha value is -3.55. The van der Waals surface area contributed by atoms with Crippen LogP contribution < -0.4 is 10.6 Å². The second-order valence-electron chi connectivity index (χ2n) is 6.14. The molecule has 0 spiro atoms. The van der Waals surface area contributed by atoms with Gasteiger partial charge >= 0.3 is 6.03 Å². The summed E-state index contributed by atoms with van der Waals surface area (Å²) in [4.78, 5) is 24.3. The van der Waals surface area contributed by atoms with Crippen LogP contribution in [0.5, 0.6) is 11.6 Å². The van der Waals surface area contributed by atoms with Gasteiger partial charge in [-0.05, 0) is 29.8 Å². The van der Waals surface area contributed by atoms with Gasteiger partial charge in [-0.15, -0.1) is 0 Å². The number of amides is 3. The van der Waals surface area contributed by atoms with Crippen LogP contribution in [0.2, 0.25) is 0 Å². The van der Waals surface area contributed by atoms with Gasteiger partial charge in [0.2, 0.25) is 0 Å². The number of imide groups is 1. The molecule has 4 rings (SSSR count). The second-order valence-corrected chi connectivity index (χ2v) is 6.14. The molecule has 2 heterocycles. The Balaban J connectivity index is 1.85. The summed E-state index contributed by atoms with van der Waals surface area (Å²) in [6.07, 6.45) is 1.49. The molecular weight excluding hydrogens is 341 g/mol. The molecule has 3 aromatic rings. The third-order valence-corrected chi connectivity index (χ3v) is 4.57. The third-order valence-electron chi connectivity index (χ3n) is 4.57. The van der Waals surface area contributed by atoms with Gasteiger partial charge in [-0.1, -0.05) is 18.2 Å². The predicted octanol–water partition coefficient (Wildman–Crippen LogP) is 1.93. The Bertz CT molecular complexity index is 1040. The van der Waals surface area contributed by atoms with Crippen LogP contribution in [0.25, 0.3) is 10.8 Å². The Morgan fingerprint density at radius 2 is 1.77 bits per heavy atom. The van der Waals surface area contributed by atoms with E-state index in [2.05, 4.69) is 10.6 Å². The van der Waals surface area contributed by atoms with E-state index in [9.17, 15) is 24.2 Å². The first-order valence-corrected chi connectivity index (χ1v) is 7.80. The van der Waals surface area contributed by atoms with E-state index in [1.54, 1.807) is 12.1 Å². The third kappa shape index (κ3) is 2.26. The summed E-state index contributed by atoms with van der Waals surface area (Å²) in [6.45, 7) is -0.143. The molecule has 8 heteroatoms. The highest BCUT2D eigenvalue weighted by molar-refractivity contribution is 6.07. The highest BCUT2D eigenvalue weighted by atomic mass is 19.1. The maximum absolute atomic E-state index is 13.3. The van der Waals surface area contributed by atoms with Gasteiger partial charge in [0.05, 0.1) is 6.54 Å². The van der Waals surface area contributed by atoms with Gasteiger partial charge in [-0.2, -0.15) is 0 Å². The number of hydrogen-bond donors (Lipinski definition) is 4. The second kappa shape index (κ2) is 5.48. The SMILES string of the molecule is O=C1NC(=O)C(Cn2cc3c(O)cccc3c2O)(c2ccc(F)cc2)N1. The highest BCUT2D eigenvalue weighted by Crippen LogP contribution is 2.36. The summed E-state index contributed by atoms with van der Waals surface area (Å²) < 4.78 is 14.6. The maximum atomic E-state index is 13.3. The van der Waals surface area contributed by atoms with E-state index in [-0.39, 0.29) is 18.2 Å². The molecule has 0 aliphatic carbocycles. The van der Waals surface area contributed by atoms with Gasteiger partial charge in [0, 0.05) is 17.0 Å². The van der Waals surface area contributed by atoms with Crippen LogP contribution in [-0.4, -0.2) is 26.7 Å². The summed E-state index contributed by atoms with van der Waals surface area (Å²) >= 11 is 0. The number of benzene rings is 2. The zero-order valence-electron chi connectivity index (χ0n) is 13.4. The van der Waals surface area contributed by atoms with Crippen LogP contribution in [0, 0.1) is 5.82 Å². The smallest absolute Gasteiger partial charge is 0.322 e. The van der Waals surface area contributed by atoms with E-state index in [0.717, 1.165) is 0 Å². The van der Waals surface area contributed by atoms with Crippen molar-refractivity contribution in [2.45, 2.75) is 12.1 Å². The highest BCUT2D eigenvalue weighted by Gasteiger charge is 2.48. The molecule has 1 saturated heterocycles. The molecule has 2 aromatic carbocycles. The van der Waals surface area contributed by atoms with Crippen LogP contribution in [0.1, 0.15) is 5.56 Å². The number of urea groups is 1. The number of aromatic nitrogens is 1. The topological polar surface area (TPSA) is 104 Å². The molecule has 0 bridgehead atoms. The molecule has 1 aliphatic heterocycles. The first-order valence-electron chi connectivity index (χ1n) is 7.80. The number of carbonyl (C=O) groups excluding carboxylic acids is 2. The van der Waals surface area contributed by atoms with Gasteiger partial charge in [0.15, 0.2) is 11.4 Å². The van der Waals surface area contributed by atoms with E-state index in [1.165, 1.54) is 41.1 Å². The number of nitrogens with zero attached hydrogens (tertiary/aromatic N) is 1. The van der Waals surface area contributed by atoms with Crippen molar-refractivity contribution in [3.8, 4) is 11.6 Å². The van der Waals surface area contributed by atoms with Crippen molar-refractivity contribution in [2.24, 2.45) is 0 Å². The van der Waals surface area contributed by atoms with Crippen LogP contribution in [0.15, 0.2) is 48.7 Å². The zero-order chi connectivity index (χ0) is 18.5. The number of carbonyl (C=O) groups is 2. The number of halogens is 1. The number of fused-ring (bicyclic) bond motifs is 1. The van der Waals surface area contributed by atoms with Crippen LogP contribution >= 0.6 is 0 Å². The minimum absolute atomic E-state index is 0.0210. The molecule has 1 atom stereocenters. The molecular formula is C18H14FN3O4. The fourth-order valence-corrected chi connectivity index (χ4v) is 3.26. The predicted molar refractivity (Wildman–Crippen MR) is 90.0 cm³/mol. The van der Waals surface area contributed by atoms with E-state index in [1.807, 2.05) is 0 Å². The van der Waals surface area contributed by atoms with Gasteiger partial charge in [-0.3, -0.25) is 10.1 Å². The molecule has 1 aromatic heterocycles. The lowest BCUT2D eigenvalue weighted by molar-refractivity contribution is -0.124. The van der Waals surface area contributed by atoms with Gasteiger partial charge in [0.25, 0.3) is 5.91 Å². The molecule has 0 radical (unpaired) electrons. The fourth-order valence-electron chi connectivity index (χ4n) is 3.26. The van der Waals surface area contributed by atoms with E-state index in [0.29, 0.717) is 16.3 Å². The molecule has 1 aliphatic rings. The summed E-state index contributed by atoms with van der Waals surface area (Å²) in [5.41, 5.74) is -1.16. The fraction of sp³-hybridized carbons (Fsp3) is 0.111. The van der Waals surface area contributed by atoms with Crippen molar-refractivity contribution in [1.82, 2.24) is 15.2 Å². The first kappa shape index (κ1) is 15.9. The minimum atomic E-state index is -1.52. The number of hydrogen-bond acceptors (Lipinski definition) is 4. The van der Waals surface area contributed by atoms with Crippen molar-refractivity contribution < 1.29 is 24.2 Å². The quantitative estimate of drug-likeness (QED) is 0.539. The Labute approximate surface area is 146 Å². The van der Waals surface area contributed by atoms with Crippen molar-refractivity contribution in [3.05, 3.63) is 60.0 Å². The number of phenols is 1. The van der Waals surface area contributed by atoms with Crippen molar-refractivity contribution in [3.63, 3.8) is 0 Å². The normalized spacial score (nSPS) is 19.6. The van der Waals surface area contributed by atoms with Crippen LogP contribution in [0.3, 0.4) is 0 Å². The lowest BCUT2D eigenvalue weighted by atomic mass is 9.89. The summed E-state index contributed by atoms with van der Waals surface area (Å²) in [5, 5.41) is 26.0. The standard InChI is InChI=1S/C18H14FN3O4/c19-11-6-4-10(5-7-11)18(16(25)20-17(26)21-18)9-22-8-13-12(15(22)24)2-1-3-14(13)23/h1-8,23-24H,9H2,(H2,20,21,25,26). The Morgan fingerprint density at radius 3 is 2.38 bits per heavy atom. The molecule has 26 heavy (non-hydrogen) atoms. The first-order chi connectivity index (χ1) is 12.4. The van der Waals surface area contributed by atoms with Crippen LogP contribution in [-0.2, 0) is 16.9 Å². The molecule has 1 fully saturated rings. The molecule has 132 valence electrons. The van der Waals surface area contributed by atoms with Gasteiger partial charge < -0.3 is 20.1 Å². The van der Waals surface area contributed by atoms with E-state index < -0.39 is 23.3 Å². The Morgan fingerprint density at radius 1 is 1.04 bits per heavy atom. The number of nitrogens with one attached hydrogen (secondary N) is 2. The lowest BCUT2D eigenvalue weighted by Gasteiger charge is -2.27. The molecule has 3 amide bonds. The van der Waals surface area contributed by atoms with Crippen LogP contribution in [0.4, 0.5) is 9.18 Å². The summed E-state index contributed by atoms with van der Waals surface area (Å²) in [5.74, 6) is -1.28. The van der Waals surface area contributed by atoms with E-state index >= 15 is 0 Å². The van der Waals surface area contributed by atoms with Crippen molar-refractivity contribution >= 4 is 22.7 Å². The van der Waals surface area contributed by atoms with Crippen molar-refractivity contribution in [1.29, 1.82) is 0 Å². The Kier molecular flexibility index (Phi) is 3.36. The minimum Gasteiger partial charge on any atom is -0.507 e. The van der Waals surface area contributed by atoms with E-state index in [4.69, 9.17) is 0 Å². The monoisotopic (exact) mass is 355 g/mol. The average molecular weight is 355 g/mol. The maximum Gasteiger partial charge on any atom is 0.322 e. The lowest BCUT2D eigenvalue weighted by Crippen LogP contribution is -2.47. The summed E-state index contributed by atoms with van der Waals surface area (Å²) in [7, 11) is 0. The van der Waals surface area contributed by atoms with Crippen molar-refractivity contribution in [2.75, 3.05) is 0 Å². The zero-order valence-corrected chi connectivity index (χ0v) is 13.4. The molecule has 0 saturated carbocycles. The largest absolute Gasteiger partial charge is 0.507 e.